The molecule has 0 aromatic heterocycles. The van der Waals surface area contributed by atoms with Crippen LogP contribution in [0.3, 0.4) is 0 Å². The maximum atomic E-state index is 13.3. The molecule has 1 aromatic rings. The second-order valence-electron chi connectivity index (χ2n) is 16.5. The molecule has 1 heterocycles. The highest BCUT2D eigenvalue weighted by atomic mass is 28.4. The van der Waals surface area contributed by atoms with Crippen molar-refractivity contribution in [1.82, 2.24) is 0 Å². The van der Waals surface area contributed by atoms with Gasteiger partial charge in [0.2, 0.25) is 0 Å². The molecule has 6 heteroatoms. The third-order valence-electron chi connectivity index (χ3n) is 12.9. The largest absolute Gasteiger partial charge is 0.413 e. The van der Waals surface area contributed by atoms with Crippen molar-refractivity contribution < 1.29 is 23.4 Å². The maximum absolute atomic E-state index is 13.3. The minimum Gasteiger partial charge on any atom is -0.413 e. The third-order valence-corrected chi connectivity index (χ3v) is 17.4. The van der Waals surface area contributed by atoms with Crippen molar-refractivity contribution in [2.45, 2.75) is 142 Å². The van der Waals surface area contributed by atoms with E-state index in [0.29, 0.717) is 49.1 Å². The van der Waals surface area contributed by atoms with Crippen LogP contribution in [0, 0.1) is 34.5 Å². The first kappa shape index (κ1) is 30.0. The van der Waals surface area contributed by atoms with Gasteiger partial charge in [0, 0.05) is 24.2 Å². The average Bonchev–Trinajstić information content (AvgIpc) is 3.38. The highest BCUT2D eigenvalue weighted by Gasteiger charge is 2.71. The van der Waals surface area contributed by atoms with Gasteiger partial charge in [-0.25, -0.2) is 0 Å². The van der Waals surface area contributed by atoms with Crippen molar-refractivity contribution >= 4 is 14.1 Å². The van der Waals surface area contributed by atoms with E-state index in [-0.39, 0.29) is 40.1 Å². The lowest BCUT2D eigenvalue weighted by Crippen LogP contribution is -2.67. The number of hydrogen-bond donors (Lipinski definition) is 0. The van der Waals surface area contributed by atoms with Gasteiger partial charge in [0.25, 0.3) is 0 Å². The smallest absolute Gasteiger partial charge is 0.192 e. The number of carbonyl (C=O) groups is 1. The van der Waals surface area contributed by atoms with Gasteiger partial charge in [-0.05, 0) is 86.4 Å². The second-order valence-corrected chi connectivity index (χ2v) is 21.3. The Labute approximate surface area is 249 Å². The number of hydrogen-bond acceptors (Lipinski definition) is 5. The summed E-state index contributed by atoms with van der Waals surface area (Å²) in [6.07, 6.45) is 5.82. The monoisotopic (exact) mass is 582 g/mol. The molecule has 0 spiro atoms. The molecule has 1 saturated heterocycles. The average molecular weight is 583 g/mol. The van der Waals surface area contributed by atoms with E-state index in [0.717, 1.165) is 18.4 Å². The molecule has 6 rings (SSSR count). The number of rotatable bonds is 5. The van der Waals surface area contributed by atoms with Gasteiger partial charge in [0.15, 0.2) is 14.1 Å². The lowest BCUT2D eigenvalue weighted by Gasteiger charge is -2.64. The summed E-state index contributed by atoms with van der Waals surface area (Å²) in [7, 11) is -1.90. The minimum atomic E-state index is -1.90. The van der Waals surface area contributed by atoms with Crippen LogP contribution in [0.15, 0.2) is 30.3 Å². The first-order valence-electron chi connectivity index (χ1n) is 16.3. The zero-order valence-corrected chi connectivity index (χ0v) is 28.0. The van der Waals surface area contributed by atoms with Gasteiger partial charge in [-0.2, -0.15) is 0 Å². The van der Waals surface area contributed by atoms with Crippen molar-refractivity contribution in [1.29, 1.82) is 0 Å². The van der Waals surface area contributed by atoms with Crippen molar-refractivity contribution in [3.05, 3.63) is 35.9 Å². The van der Waals surface area contributed by atoms with E-state index in [1.807, 2.05) is 6.07 Å². The Morgan fingerprint density at radius 2 is 1.56 bits per heavy atom. The summed E-state index contributed by atoms with van der Waals surface area (Å²) in [6, 6.07) is 10.4. The van der Waals surface area contributed by atoms with Crippen LogP contribution in [0.4, 0.5) is 0 Å². The van der Waals surface area contributed by atoms with Crippen molar-refractivity contribution in [3.8, 4) is 0 Å². The summed E-state index contributed by atoms with van der Waals surface area (Å²) >= 11 is 0. The van der Waals surface area contributed by atoms with Crippen molar-refractivity contribution in [2.75, 3.05) is 0 Å². The van der Waals surface area contributed by atoms with Gasteiger partial charge in [0.05, 0.1) is 31.0 Å². The molecule has 4 saturated carbocycles. The van der Waals surface area contributed by atoms with Crippen LogP contribution in [0.25, 0.3) is 0 Å². The molecule has 0 radical (unpaired) electrons. The van der Waals surface area contributed by atoms with Crippen LogP contribution in [0.5, 0.6) is 0 Å². The SMILES string of the molecule is CC1(C)OC2C(O1)C1CC(=O)CC(OCc3ccccc3)[C@]1(C)C1CC[C@]3(C)C(O[Si](C)(C)C(C)(C)C)CCC3C21. The number of Topliss-reactive ketones (excluding diaryl/α,β-unsaturated/α-hetero) is 1. The highest BCUT2D eigenvalue weighted by molar-refractivity contribution is 6.74. The van der Waals surface area contributed by atoms with Gasteiger partial charge in [0.1, 0.15) is 5.78 Å². The van der Waals surface area contributed by atoms with E-state index in [4.69, 9.17) is 18.6 Å². The van der Waals surface area contributed by atoms with Crippen LogP contribution in [0.2, 0.25) is 18.1 Å². The molecule has 1 aliphatic heterocycles. The zero-order valence-electron chi connectivity index (χ0n) is 27.0. The molecule has 5 fully saturated rings. The lowest BCUT2D eigenvalue weighted by molar-refractivity contribution is -0.224. The second kappa shape index (κ2) is 9.98. The molecule has 10 atom stereocenters. The number of ketones is 1. The maximum Gasteiger partial charge on any atom is 0.192 e. The van der Waals surface area contributed by atoms with E-state index in [1.165, 1.54) is 12.8 Å². The molecular formula is C35H54O5Si. The predicted octanol–water partition coefficient (Wildman–Crippen LogP) is 7.92. The first-order chi connectivity index (χ1) is 19.1. The Morgan fingerprint density at radius 1 is 0.878 bits per heavy atom. The van der Waals surface area contributed by atoms with Crippen LogP contribution in [0.1, 0.15) is 92.6 Å². The summed E-state index contributed by atoms with van der Waals surface area (Å²) in [5, 5.41) is 0.194. The topological polar surface area (TPSA) is 54.0 Å². The summed E-state index contributed by atoms with van der Waals surface area (Å²) < 4.78 is 27.6. The number of fused-ring (bicyclic) bond motifs is 8. The molecule has 0 bridgehead atoms. The number of benzene rings is 1. The molecule has 5 nitrogen and oxygen atoms in total. The lowest BCUT2D eigenvalue weighted by atomic mass is 9.43. The number of ether oxygens (including phenoxy) is 3. The Morgan fingerprint density at radius 3 is 2.24 bits per heavy atom. The highest BCUT2D eigenvalue weighted by Crippen LogP contribution is 2.69. The molecule has 1 aromatic carbocycles. The summed E-state index contributed by atoms with van der Waals surface area (Å²) in [5.41, 5.74) is 1.15. The Balaban J connectivity index is 1.35. The third kappa shape index (κ3) is 4.83. The van der Waals surface area contributed by atoms with E-state index in [9.17, 15) is 4.79 Å². The molecule has 8 unspecified atom stereocenters. The van der Waals surface area contributed by atoms with Crippen molar-refractivity contribution in [2.24, 2.45) is 34.5 Å². The Hall–Kier alpha value is -1.05. The summed E-state index contributed by atoms with van der Waals surface area (Å²) in [6.45, 7) is 21.5. The van der Waals surface area contributed by atoms with Gasteiger partial charge >= 0.3 is 0 Å². The molecule has 5 aliphatic rings. The zero-order chi connectivity index (χ0) is 29.6. The van der Waals surface area contributed by atoms with E-state index in [1.54, 1.807) is 0 Å². The summed E-state index contributed by atoms with van der Waals surface area (Å²) in [5.74, 6) is 1.11. The minimum absolute atomic E-state index is 0.0185. The van der Waals surface area contributed by atoms with Crippen molar-refractivity contribution in [3.63, 3.8) is 0 Å². The van der Waals surface area contributed by atoms with Gasteiger partial charge in [-0.1, -0.05) is 65.0 Å². The normalized spacial score (nSPS) is 43.7. The van der Waals surface area contributed by atoms with Crippen LogP contribution < -0.4 is 0 Å². The molecule has 0 N–H and O–H groups in total. The van der Waals surface area contributed by atoms with Crippen LogP contribution in [-0.2, 0) is 30.0 Å². The fourth-order valence-electron chi connectivity index (χ4n) is 9.69. The fraction of sp³-hybridized carbons (Fsp3) is 0.800. The molecule has 228 valence electrons. The quantitative estimate of drug-likeness (QED) is 0.330. The standard InChI is InChI=1S/C35H54O5Si/c1-32(2,3)41(8,9)40-27-16-15-24-29-25(17-18-34(24,27)6)35(7)26(30-31(29)39-33(4,5)38-30)19-23(36)20-28(35)37-21-22-13-11-10-12-14-22/h10-14,24-31H,15-21H2,1-9H3/t24?,25?,26?,27?,28?,29?,30?,31?,34-,35+/m0/s1. The summed E-state index contributed by atoms with van der Waals surface area (Å²) in [4.78, 5) is 13.3. The Bertz CT molecular complexity index is 1140. The molecule has 41 heavy (non-hydrogen) atoms. The van der Waals surface area contributed by atoms with Gasteiger partial charge < -0.3 is 18.6 Å². The van der Waals surface area contributed by atoms with E-state index in [2.05, 4.69) is 85.8 Å². The van der Waals surface area contributed by atoms with Gasteiger partial charge in [-0.3, -0.25) is 4.79 Å². The number of carbonyl (C=O) groups excluding carboxylic acids is 1. The van der Waals surface area contributed by atoms with E-state index >= 15 is 0 Å². The fourth-order valence-corrected chi connectivity index (χ4v) is 11.1. The first-order valence-corrected chi connectivity index (χ1v) is 19.2. The molecule has 4 aliphatic carbocycles. The van der Waals surface area contributed by atoms with E-state index < -0.39 is 14.1 Å². The molecule has 0 amide bonds. The molecular weight excluding hydrogens is 528 g/mol. The van der Waals surface area contributed by atoms with Crippen LogP contribution >= 0.6 is 0 Å². The predicted molar refractivity (Wildman–Crippen MR) is 164 cm³/mol. The van der Waals surface area contributed by atoms with Crippen LogP contribution in [-0.4, -0.2) is 44.3 Å². The Kier molecular flexibility index (Phi) is 7.30. The van der Waals surface area contributed by atoms with Gasteiger partial charge in [-0.15, -0.1) is 0 Å².